The van der Waals surface area contributed by atoms with Gasteiger partial charge in [0, 0.05) is 5.69 Å². The van der Waals surface area contributed by atoms with E-state index in [1.165, 1.54) is 0 Å². The quantitative estimate of drug-likeness (QED) is 0.824. The number of hydrogen-bond acceptors (Lipinski definition) is 3. The summed E-state index contributed by atoms with van der Waals surface area (Å²) in [7, 11) is 0. The van der Waals surface area contributed by atoms with E-state index in [4.69, 9.17) is 4.74 Å². The summed E-state index contributed by atoms with van der Waals surface area (Å²) < 4.78 is 5.69. The maximum Gasteiger partial charge on any atom is 0.255 e. The highest BCUT2D eigenvalue weighted by Crippen LogP contribution is 2.31. The Hall–Kier alpha value is -2.49. The van der Waals surface area contributed by atoms with Crippen LogP contribution in [0.1, 0.15) is 42.6 Å². The summed E-state index contributed by atoms with van der Waals surface area (Å²) in [5.41, 5.74) is 1.88. The van der Waals surface area contributed by atoms with Crippen molar-refractivity contribution in [1.29, 1.82) is 0 Å². The topological polar surface area (TPSA) is 50.4 Å². The van der Waals surface area contributed by atoms with Gasteiger partial charge in [0.05, 0.1) is 12.2 Å². The molecule has 1 unspecified atom stereocenters. The minimum atomic E-state index is -0.632. The van der Waals surface area contributed by atoms with Crippen LogP contribution in [-0.2, 0) is 5.66 Å². The van der Waals surface area contributed by atoms with Gasteiger partial charge in [0.1, 0.15) is 11.4 Å². The molecule has 0 bridgehead atoms. The molecule has 2 aromatic rings. The molecule has 4 heteroatoms. The zero-order chi connectivity index (χ0) is 16.3. The third kappa shape index (κ3) is 3.16. The zero-order valence-electron chi connectivity index (χ0n) is 13.6. The van der Waals surface area contributed by atoms with Gasteiger partial charge in [-0.05, 0) is 43.2 Å². The van der Waals surface area contributed by atoms with Crippen molar-refractivity contribution in [3.05, 3.63) is 59.7 Å². The Morgan fingerprint density at radius 2 is 1.78 bits per heavy atom. The van der Waals surface area contributed by atoms with Crippen LogP contribution < -0.4 is 15.4 Å². The van der Waals surface area contributed by atoms with E-state index in [0.717, 1.165) is 36.4 Å². The number of carbonyl (C=O) groups excluding carboxylic acids is 1. The van der Waals surface area contributed by atoms with E-state index in [-0.39, 0.29) is 5.91 Å². The number of fused-ring (bicyclic) bond motifs is 1. The molecule has 0 aromatic heterocycles. The van der Waals surface area contributed by atoms with E-state index < -0.39 is 5.66 Å². The Balaban J connectivity index is 1.80. The lowest BCUT2D eigenvalue weighted by atomic mass is 9.96. The first-order chi connectivity index (χ1) is 11.1. The Morgan fingerprint density at radius 1 is 1.04 bits per heavy atom. The summed E-state index contributed by atoms with van der Waals surface area (Å²) in [6.45, 7) is 4.84. The number of ether oxygens (including phenoxy) is 1. The first-order valence-electron chi connectivity index (χ1n) is 8.05. The van der Waals surface area contributed by atoms with Crippen LogP contribution in [0.3, 0.4) is 0 Å². The Kier molecular flexibility index (Phi) is 4.24. The summed E-state index contributed by atoms with van der Waals surface area (Å²) in [5.74, 6) is 0.790. The molecule has 0 saturated carbocycles. The van der Waals surface area contributed by atoms with E-state index >= 15 is 0 Å². The maximum absolute atomic E-state index is 12.3. The van der Waals surface area contributed by atoms with Gasteiger partial charge >= 0.3 is 0 Å². The molecule has 3 rings (SSSR count). The van der Waals surface area contributed by atoms with Crippen LogP contribution >= 0.6 is 0 Å². The summed E-state index contributed by atoms with van der Waals surface area (Å²) in [5, 5.41) is 6.47. The Morgan fingerprint density at radius 3 is 2.52 bits per heavy atom. The monoisotopic (exact) mass is 310 g/mol. The van der Waals surface area contributed by atoms with Gasteiger partial charge in [-0.25, -0.2) is 0 Å². The normalized spacial score (nSPS) is 19.5. The molecule has 0 saturated heterocycles. The second-order valence-electron chi connectivity index (χ2n) is 5.98. The van der Waals surface area contributed by atoms with Crippen molar-refractivity contribution in [3.63, 3.8) is 0 Å². The van der Waals surface area contributed by atoms with Crippen LogP contribution in [0.2, 0.25) is 0 Å². The molecular weight excluding hydrogens is 288 g/mol. The molecule has 1 aliphatic heterocycles. The van der Waals surface area contributed by atoms with Crippen LogP contribution in [0.4, 0.5) is 5.69 Å². The molecule has 23 heavy (non-hydrogen) atoms. The first-order valence-corrected chi connectivity index (χ1v) is 8.05. The minimum absolute atomic E-state index is 0.0647. The molecule has 0 radical (unpaired) electrons. The van der Waals surface area contributed by atoms with Crippen molar-refractivity contribution in [1.82, 2.24) is 5.32 Å². The van der Waals surface area contributed by atoms with E-state index in [1.54, 1.807) is 0 Å². The predicted octanol–water partition coefficient (Wildman–Crippen LogP) is 3.89. The lowest BCUT2D eigenvalue weighted by Crippen LogP contribution is -2.52. The number of para-hydroxylation sites is 1. The van der Waals surface area contributed by atoms with Crippen molar-refractivity contribution in [2.75, 3.05) is 11.9 Å². The van der Waals surface area contributed by atoms with Crippen molar-refractivity contribution < 1.29 is 9.53 Å². The number of benzene rings is 2. The standard InChI is InChI=1S/C19H22N2O2/c1-3-4-13-23-15-11-9-14(10-12-15)19(2)20-17-8-6-5-7-16(17)18(22)21-19/h5-12,20H,3-4,13H2,1-2H3,(H,21,22). The van der Waals surface area contributed by atoms with E-state index in [2.05, 4.69) is 17.6 Å². The molecule has 2 N–H and O–H groups in total. The first kappa shape index (κ1) is 15.4. The molecule has 1 aliphatic rings. The zero-order valence-corrected chi connectivity index (χ0v) is 13.6. The molecule has 0 spiro atoms. The van der Waals surface area contributed by atoms with Gasteiger partial charge < -0.3 is 15.4 Å². The average molecular weight is 310 g/mol. The number of anilines is 1. The molecule has 0 aliphatic carbocycles. The van der Waals surface area contributed by atoms with Gasteiger partial charge in [-0.2, -0.15) is 0 Å². The lowest BCUT2D eigenvalue weighted by molar-refractivity contribution is 0.0906. The summed E-state index contributed by atoms with van der Waals surface area (Å²) >= 11 is 0. The molecule has 1 atom stereocenters. The highest BCUT2D eigenvalue weighted by molar-refractivity contribution is 6.02. The summed E-state index contributed by atoms with van der Waals surface area (Å²) in [6, 6.07) is 15.4. The number of carbonyl (C=O) groups is 1. The van der Waals surface area contributed by atoms with E-state index in [1.807, 2.05) is 55.5 Å². The van der Waals surface area contributed by atoms with Crippen molar-refractivity contribution >= 4 is 11.6 Å². The third-order valence-electron chi connectivity index (χ3n) is 4.12. The van der Waals surface area contributed by atoms with Crippen LogP contribution in [0.15, 0.2) is 48.5 Å². The fourth-order valence-corrected chi connectivity index (χ4v) is 2.75. The number of unbranched alkanes of at least 4 members (excludes halogenated alkanes) is 1. The van der Waals surface area contributed by atoms with Crippen LogP contribution in [0.5, 0.6) is 5.75 Å². The molecule has 4 nitrogen and oxygen atoms in total. The fourth-order valence-electron chi connectivity index (χ4n) is 2.75. The second kappa shape index (κ2) is 6.32. The largest absolute Gasteiger partial charge is 0.494 e. The number of amides is 1. The van der Waals surface area contributed by atoms with Crippen LogP contribution in [0.25, 0.3) is 0 Å². The second-order valence-corrected chi connectivity index (χ2v) is 5.98. The van der Waals surface area contributed by atoms with Gasteiger partial charge in [-0.15, -0.1) is 0 Å². The van der Waals surface area contributed by atoms with E-state index in [0.29, 0.717) is 5.56 Å². The Bertz CT molecular complexity index is 697. The van der Waals surface area contributed by atoms with Gasteiger partial charge in [0.15, 0.2) is 0 Å². The third-order valence-corrected chi connectivity index (χ3v) is 4.12. The smallest absolute Gasteiger partial charge is 0.255 e. The van der Waals surface area contributed by atoms with Crippen LogP contribution in [0, 0.1) is 0 Å². The van der Waals surface area contributed by atoms with Gasteiger partial charge in [0.2, 0.25) is 0 Å². The molecule has 2 aromatic carbocycles. The molecule has 120 valence electrons. The van der Waals surface area contributed by atoms with Crippen molar-refractivity contribution in [2.24, 2.45) is 0 Å². The number of nitrogens with one attached hydrogen (secondary N) is 2. The van der Waals surface area contributed by atoms with Gasteiger partial charge in [0.25, 0.3) is 5.91 Å². The minimum Gasteiger partial charge on any atom is -0.494 e. The van der Waals surface area contributed by atoms with Crippen molar-refractivity contribution in [3.8, 4) is 5.75 Å². The van der Waals surface area contributed by atoms with E-state index in [9.17, 15) is 4.79 Å². The highest BCUT2D eigenvalue weighted by Gasteiger charge is 2.34. The average Bonchev–Trinajstić information content (AvgIpc) is 2.55. The lowest BCUT2D eigenvalue weighted by Gasteiger charge is -2.38. The Labute approximate surface area is 136 Å². The summed E-state index contributed by atoms with van der Waals surface area (Å²) in [4.78, 5) is 12.3. The van der Waals surface area contributed by atoms with Crippen molar-refractivity contribution in [2.45, 2.75) is 32.4 Å². The SMILES string of the molecule is CCCCOc1ccc(C2(C)NC(=O)c3ccccc3N2)cc1. The van der Waals surface area contributed by atoms with Gasteiger partial charge in [-0.3, -0.25) is 4.79 Å². The number of rotatable bonds is 5. The molecule has 1 heterocycles. The maximum atomic E-state index is 12.3. The molecule has 1 amide bonds. The molecule has 0 fully saturated rings. The summed E-state index contributed by atoms with van der Waals surface area (Å²) in [6.07, 6.45) is 2.17. The predicted molar refractivity (Wildman–Crippen MR) is 91.7 cm³/mol. The molecular formula is C19H22N2O2. The van der Waals surface area contributed by atoms with Gasteiger partial charge in [-0.1, -0.05) is 37.6 Å². The fraction of sp³-hybridized carbons (Fsp3) is 0.316. The van der Waals surface area contributed by atoms with Crippen LogP contribution in [-0.4, -0.2) is 12.5 Å². The highest BCUT2D eigenvalue weighted by atomic mass is 16.5. The number of hydrogen-bond donors (Lipinski definition) is 2.